The van der Waals surface area contributed by atoms with Crippen LogP contribution in [0.5, 0.6) is 0 Å². The topological polar surface area (TPSA) is 33.1 Å². The van der Waals surface area contributed by atoms with Gasteiger partial charge in [-0.3, -0.25) is 0 Å². The molecule has 4 heteroatoms. The number of aliphatic hydroxyl groups is 1. The molecule has 1 heterocycles. The number of halogens is 2. The van der Waals surface area contributed by atoms with E-state index >= 15 is 0 Å². The molecule has 0 saturated heterocycles. The fourth-order valence-electron chi connectivity index (χ4n) is 0.909. The molecule has 0 spiro atoms. The lowest BCUT2D eigenvalue weighted by Crippen LogP contribution is -1.95. The van der Waals surface area contributed by atoms with Gasteiger partial charge in [-0.15, -0.1) is 0 Å². The standard InChI is InChI=1S/C8H9BrFNO/c9-7-4-6(2-1-3-12)8(10)11-5-7/h4-5,12H,1-3H2. The van der Waals surface area contributed by atoms with E-state index in [2.05, 4.69) is 20.9 Å². The lowest BCUT2D eigenvalue weighted by Gasteiger charge is -2.00. The van der Waals surface area contributed by atoms with Crippen LogP contribution in [-0.2, 0) is 6.42 Å². The van der Waals surface area contributed by atoms with Crippen LogP contribution in [-0.4, -0.2) is 16.7 Å². The first kappa shape index (κ1) is 9.61. The van der Waals surface area contributed by atoms with Crippen LogP contribution in [0, 0.1) is 5.95 Å². The Kier molecular flexibility index (Phi) is 3.62. The van der Waals surface area contributed by atoms with E-state index in [0.717, 1.165) is 4.47 Å². The Hall–Kier alpha value is -0.480. The Labute approximate surface area is 78.6 Å². The summed E-state index contributed by atoms with van der Waals surface area (Å²) >= 11 is 3.20. The molecule has 0 unspecified atom stereocenters. The Morgan fingerprint density at radius 2 is 2.33 bits per heavy atom. The number of aliphatic hydroxyl groups excluding tert-OH is 1. The highest BCUT2D eigenvalue weighted by molar-refractivity contribution is 9.10. The first-order valence-corrected chi connectivity index (χ1v) is 4.44. The summed E-state index contributed by atoms with van der Waals surface area (Å²) in [6.07, 6.45) is 2.50. The highest BCUT2D eigenvalue weighted by atomic mass is 79.9. The minimum atomic E-state index is -0.452. The molecule has 0 amide bonds. The molecule has 0 fully saturated rings. The molecular formula is C8H9BrFNO. The lowest BCUT2D eigenvalue weighted by atomic mass is 10.1. The summed E-state index contributed by atoms with van der Waals surface area (Å²) in [6, 6.07) is 1.68. The van der Waals surface area contributed by atoms with Gasteiger partial charge in [0.1, 0.15) is 0 Å². The van der Waals surface area contributed by atoms with E-state index in [9.17, 15) is 4.39 Å². The summed E-state index contributed by atoms with van der Waals surface area (Å²) in [5.74, 6) is -0.452. The summed E-state index contributed by atoms with van der Waals surface area (Å²) in [5.41, 5.74) is 0.540. The van der Waals surface area contributed by atoms with E-state index in [1.54, 1.807) is 6.07 Å². The number of pyridine rings is 1. The number of rotatable bonds is 3. The average molecular weight is 234 g/mol. The van der Waals surface area contributed by atoms with Crippen molar-refractivity contribution in [1.29, 1.82) is 0 Å². The van der Waals surface area contributed by atoms with Crippen molar-refractivity contribution >= 4 is 15.9 Å². The van der Waals surface area contributed by atoms with Crippen molar-refractivity contribution in [3.8, 4) is 0 Å². The Morgan fingerprint density at radius 1 is 1.58 bits per heavy atom. The van der Waals surface area contributed by atoms with Crippen LogP contribution in [0.1, 0.15) is 12.0 Å². The maximum atomic E-state index is 12.9. The number of aromatic nitrogens is 1. The molecule has 0 aliphatic rings. The molecule has 0 saturated carbocycles. The second kappa shape index (κ2) is 4.52. The van der Waals surface area contributed by atoms with Crippen molar-refractivity contribution in [3.63, 3.8) is 0 Å². The van der Waals surface area contributed by atoms with Crippen LogP contribution in [0.3, 0.4) is 0 Å². The zero-order chi connectivity index (χ0) is 8.97. The van der Waals surface area contributed by atoms with Crippen LogP contribution in [0.25, 0.3) is 0 Å². The summed E-state index contributed by atoms with van der Waals surface area (Å²) in [6.45, 7) is 0.0754. The molecular weight excluding hydrogens is 225 g/mol. The predicted molar refractivity (Wildman–Crippen MR) is 47.3 cm³/mol. The Bertz CT molecular complexity index is 267. The molecule has 0 atom stereocenters. The van der Waals surface area contributed by atoms with Crippen LogP contribution < -0.4 is 0 Å². The normalized spacial score (nSPS) is 10.2. The zero-order valence-electron chi connectivity index (χ0n) is 6.43. The molecule has 1 N–H and O–H groups in total. The zero-order valence-corrected chi connectivity index (χ0v) is 8.01. The molecule has 0 aromatic carbocycles. The molecule has 1 rings (SSSR count). The molecule has 12 heavy (non-hydrogen) atoms. The van der Waals surface area contributed by atoms with E-state index < -0.39 is 5.95 Å². The summed E-state index contributed by atoms with van der Waals surface area (Å²) < 4.78 is 13.6. The van der Waals surface area contributed by atoms with Crippen molar-refractivity contribution < 1.29 is 9.50 Å². The van der Waals surface area contributed by atoms with Crippen LogP contribution in [0.15, 0.2) is 16.7 Å². The minimum Gasteiger partial charge on any atom is -0.396 e. The molecule has 0 radical (unpaired) electrons. The van der Waals surface area contributed by atoms with E-state index in [4.69, 9.17) is 5.11 Å². The van der Waals surface area contributed by atoms with Crippen molar-refractivity contribution in [3.05, 3.63) is 28.2 Å². The minimum absolute atomic E-state index is 0.0754. The fourth-order valence-corrected chi connectivity index (χ4v) is 1.29. The van der Waals surface area contributed by atoms with Crippen molar-refractivity contribution in [2.45, 2.75) is 12.8 Å². The molecule has 2 nitrogen and oxygen atoms in total. The van der Waals surface area contributed by atoms with Crippen LogP contribution in [0.2, 0.25) is 0 Å². The number of hydrogen-bond acceptors (Lipinski definition) is 2. The van der Waals surface area contributed by atoms with Gasteiger partial charge in [0, 0.05) is 22.8 Å². The fraction of sp³-hybridized carbons (Fsp3) is 0.375. The predicted octanol–water partition coefficient (Wildman–Crippen LogP) is 1.91. The molecule has 0 aliphatic carbocycles. The van der Waals surface area contributed by atoms with E-state index in [1.165, 1.54) is 6.20 Å². The van der Waals surface area contributed by atoms with Crippen LogP contribution >= 0.6 is 15.9 Å². The third kappa shape index (κ3) is 2.53. The van der Waals surface area contributed by atoms with Crippen molar-refractivity contribution in [1.82, 2.24) is 4.98 Å². The van der Waals surface area contributed by atoms with Gasteiger partial charge in [0.25, 0.3) is 0 Å². The maximum absolute atomic E-state index is 12.9. The van der Waals surface area contributed by atoms with E-state index in [-0.39, 0.29) is 6.61 Å². The second-order valence-electron chi connectivity index (χ2n) is 2.43. The van der Waals surface area contributed by atoms with Gasteiger partial charge in [0.05, 0.1) is 0 Å². The molecule has 0 aliphatic heterocycles. The van der Waals surface area contributed by atoms with Gasteiger partial charge in [0.2, 0.25) is 5.95 Å². The highest BCUT2D eigenvalue weighted by Gasteiger charge is 2.02. The van der Waals surface area contributed by atoms with Crippen molar-refractivity contribution in [2.24, 2.45) is 0 Å². The smallest absolute Gasteiger partial charge is 0.216 e. The third-order valence-electron chi connectivity index (χ3n) is 1.48. The molecule has 66 valence electrons. The van der Waals surface area contributed by atoms with Gasteiger partial charge in [-0.1, -0.05) is 0 Å². The quantitative estimate of drug-likeness (QED) is 0.810. The SMILES string of the molecule is OCCCc1cc(Br)cnc1F. The van der Waals surface area contributed by atoms with Gasteiger partial charge in [-0.2, -0.15) is 4.39 Å². The third-order valence-corrected chi connectivity index (χ3v) is 1.92. The Balaban J connectivity index is 2.75. The van der Waals surface area contributed by atoms with Crippen LogP contribution in [0.4, 0.5) is 4.39 Å². The molecule has 1 aromatic rings. The van der Waals surface area contributed by atoms with E-state index in [0.29, 0.717) is 18.4 Å². The maximum Gasteiger partial charge on any atom is 0.216 e. The summed E-state index contributed by atoms with van der Waals surface area (Å²) in [7, 11) is 0. The van der Waals surface area contributed by atoms with E-state index in [1.807, 2.05) is 0 Å². The Morgan fingerprint density at radius 3 is 3.00 bits per heavy atom. The average Bonchev–Trinajstić information content (AvgIpc) is 2.07. The van der Waals surface area contributed by atoms with Crippen molar-refractivity contribution in [2.75, 3.05) is 6.61 Å². The first-order chi connectivity index (χ1) is 5.74. The second-order valence-corrected chi connectivity index (χ2v) is 3.35. The largest absolute Gasteiger partial charge is 0.396 e. The van der Waals surface area contributed by atoms with Gasteiger partial charge < -0.3 is 5.11 Å². The van der Waals surface area contributed by atoms with Gasteiger partial charge in [-0.25, -0.2) is 4.98 Å². The summed E-state index contributed by atoms with van der Waals surface area (Å²) in [5, 5.41) is 8.53. The first-order valence-electron chi connectivity index (χ1n) is 3.65. The highest BCUT2D eigenvalue weighted by Crippen LogP contribution is 2.14. The number of aryl methyl sites for hydroxylation is 1. The summed E-state index contributed by atoms with van der Waals surface area (Å²) in [4.78, 5) is 3.54. The molecule has 0 bridgehead atoms. The molecule has 1 aromatic heterocycles. The van der Waals surface area contributed by atoms with Gasteiger partial charge >= 0.3 is 0 Å². The lowest BCUT2D eigenvalue weighted by molar-refractivity contribution is 0.288. The number of nitrogens with zero attached hydrogens (tertiary/aromatic N) is 1. The van der Waals surface area contributed by atoms with Gasteiger partial charge in [0.15, 0.2) is 0 Å². The monoisotopic (exact) mass is 233 g/mol. The van der Waals surface area contributed by atoms with Gasteiger partial charge in [-0.05, 0) is 34.8 Å². The number of hydrogen-bond donors (Lipinski definition) is 1.